The Balaban J connectivity index is 0. The van der Waals surface area contributed by atoms with Gasteiger partial charge < -0.3 is 32.2 Å². The predicted molar refractivity (Wildman–Crippen MR) is 514 cm³/mol. The number of hydrogen-bond donors (Lipinski definition) is 0. The molecule has 0 aliphatic carbocycles. The summed E-state index contributed by atoms with van der Waals surface area (Å²) in [6, 6.07) is 29.0. The fourth-order valence-corrected chi connectivity index (χ4v) is 15.5. The average Bonchev–Trinajstić information content (AvgIpc) is 1.62. The van der Waals surface area contributed by atoms with Crippen molar-refractivity contribution in [2.24, 2.45) is 0 Å². The number of nitrogens with zero attached hydrogens (tertiary/aromatic N) is 8. The van der Waals surface area contributed by atoms with E-state index >= 15 is 0 Å². The zero-order valence-corrected chi connectivity index (χ0v) is 74.5. The minimum absolute atomic E-state index is 0. The molecular formula is C78H58B17Br2N8O8S4Sn. The quantitative estimate of drug-likeness (QED) is 0.0321. The van der Waals surface area contributed by atoms with Crippen LogP contribution in [0.15, 0.2) is 137 Å². The van der Waals surface area contributed by atoms with Crippen molar-refractivity contribution >= 4 is 245 Å². The fourth-order valence-electron chi connectivity index (χ4n) is 8.26. The number of ether oxygens (including phenoxy) is 4. The van der Waals surface area contributed by atoms with Gasteiger partial charge in [-0.1, -0.05) is 31.1 Å². The van der Waals surface area contributed by atoms with Crippen molar-refractivity contribution in [3.05, 3.63) is 188 Å². The number of terminal acetylenes is 2. The second kappa shape index (κ2) is 64.0. The maximum Gasteiger partial charge on any atom is 0.265 e. The number of furan rings is 4. The van der Waals surface area contributed by atoms with E-state index in [1.54, 1.807) is 122 Å². The Morgan fingerprint density at radius 2 is 0.780 bits per heavy atom. The molecule has 0 aliphatic rings. The van der Waals surface area contributed by atoms with Gasteiger partial charge in [-0.25, -0.2) is 30.3 Å². The minimum atomic E-state index is -2.15. The molecule has 40 heteroatoms. The summed E-state index contributed by atoms with van der Waals surface area (Å²) in [5.41, 5.74) is 0.0309. The van der Waals surface area contributed by atoms with E-state index in [-0.39, 0.29) is 30.2 Å². The molecule has 0 saturated heterocycles. The van der Waals surface area contributed by atoms with Crippen LogP contribution in [0.1, 0.15) is 58.2 Å². The van der Waals surface area contributed by atoms with Gasteiger partial charge >= 0.3 is 93.8 Å². The molecule has 0 aliphatic heterocycles. The minimum Gasteiger partial charge on any atom is -0.495 e. The largest absolute Gasteiger partial charge is 0.495 e. The third-order valence-corrected chi connectivity index (χ3v) is 23.4. The van der Waals surface area contributed by atoms with Crippen LogP contribution < -0.4 is 22.7 Å². The summed E-state index contributed by atoms with van der Waals surface area (Å²) in [5, 5.41) is 40.4. The van der Waals surface area contributed by atoms with Gasteiger partial charge in [0.05, 0.1) is 70.1 Å². The first kappa shape index (κ1) is 109. The Labute approximate surface area is 748 Å². The first-order valence-corrected chi connectivity index (χ1v) is 48.0. The second-order valence-corrected chi connectivity index (χ2v) is 42.9. The van der Waals surface area contributed by atoms with Gasteiger partial charge in [-0.15, -0.1) is 58.2 Å². The van der Waals surface area contributed by atoms with Crippen LogP contribution in [-0.2, 0) is 0 Å². The van der Waals surface area contributed by atoms with Crippen LogP contribution in [0.2, 0.25) is 14.8 Å². The van der Waals surface area contributed by atoms with Gasteiger partial charge in [0.15, 0.2) is 0 Å². The van der Waals surface area contributed by atoms with Crippen LogP contribution in [0, 0.1) is 179 Å². The van der Waals surface area contributed by atoms with Crippen molar-refractivity contribution in [2.45, 2.75) is 49.9 Å². The molecule has 8 rings (SSSR count). The molecule has 551 valence electrons. The molecule has 0 fully saturated rings. The van der Waals surface area contributed by atoms with Gasteiger partial charge in [0.25, 0.3) is 17.1 Å². The smallest absolute Gasteiger partial charge is 0.265 e. The summed E-state index contributed by atoms with van der Waals surface area (Å²) in [4.78, 5) is 21.7. The van der Waals surface area contributed by atoms with E-state index in [4.69, 9.17) is 166 Å². The van der Waals surface area contributed by atoms with Gasteiger partial charge in [0.2, 0.25) is 0 Å². The van der Waals surface area contributed by atoms with Gasteiger partial charge in [-0.3, -0.25) is 0 Å². The van der Waals surface area contributed by atoms with Crippen LogP contribution in [0.25, 0.3) is 75.6 Å². The number of allylic oxidation sites excluding steroid dienone is 4. The standard InChI is InChI=1S/C13H7BrN2O2S.2C13H8N2O2S.C8H3N2O.C8H6.2C7H4.C5H5BrOS.CH4.3CH3.B17.Sn/c1-16-8(7-15)5-9-3-4-10(18-9)13-11(17-2)6-12(14)19-13;2*1-15-9(8-14)7-10-3-4-12(17-10)13-11(16-2)5-6-18-13;1-10-7(6-9)5-8-3-2-4-11-8;1-3-5-7-8-6-4-2;2*1-3-5-7-6-4-2;1-7-4-2-3-8-5(4)6;;;;;1-10-15(11(2)3)17(14(8)9)16(12(4)5)13(6)7;/h3-6H,2H3;2*3-7H,2H3;2-3,5H;1-2H3;2*1H,2H3;2-3H,1H3;1H4;3*1H3;;/b8-5-;2*9-7-;7-5-;;;;;;;;;;. The summed E-state index contributed by atoms with van der Waals surface area (Å²) in [5.74, 6) is 46.6. The fraction of sp³-hybridized carbons (Fsp3) is 0.154. The molecule has 0 amide bonds. The van der Waals surface area contributed by atoms with Gasteiger partial charge in [0, 0.05) is 127 Å². The van der Waals surface area contributed by atoms with Crippen molar-refractivity contribution in [3.8, 4) is 187 Å². The third-order valence-electron chi connectivity index (χ3n) is 13.3. The Morgan fingerprint density at radius 3 is 1.04 bits per heavy atom. The number of methoxy groups -OCH3 is 4. The normalized spacial score (nSPS) is 9.11. The zero-order valence-electron chi connectivity index (χ0n) is 65.2. The molecule has 0 N–H and O–H groups in total. The van der Waals surface area contributed by atoms with Crippen molar-refractivity contribution in [1.82, 2.24) is 0 Å². The molecule has 0 spiro atoms. The van der Waals surface area contributed by atoms with E-state index in [0.29, 0.717) is 46.1 Å². The Morgan fingerprint density at radius 1 is 0.458 bits per heavy atom. The molecular weight excluding hydrogens is 1770 g/mol. The average molecular weight is 1830 g/mol. The summed E-state index contributed by atoms with van der Waals surface area (Å²) < 4.78 is 46.0. The summed E-state index contributed by atoms with van der Waals surface area (Å²) in [6.45, 7) is 34.1. The second-order valence-electron chi connectivity index (χ2n) is 22.2. The van der Waals surface area contributed by atoms with Crippen molar-refractivity contribution in [2.75, 3.05) is 28.4 Å². The van der Waals surface area contributed by atoms with E-state index in [1.807, 2.05) is 58.6 Å². The maximum atomic E-state index is 8.70. The SMILES string of the molecule is C.C#CC#CC#CC.C#CC#CC#CC.CC#CC#CC#CC.COc1ccsc1Br.[B][B]B(B([B])[B])B(B([B])[B])B(B([B])[B])B([B])[B].[C-]#[N+]/C(C#N)=C\c1cc[c]([Sn]([CH3])([CH3])[CH3])o1.[C-]#[N+]/C(C#N)=C\c1ccc(-c2sc(Br)cc2OC)o1.[C-]#[N+]/C(C#N)=C\c1ccc(-c2sccc2OC)o1.[C-]#[N+]/C(C#N)=C\c1ccc(-c2sccc2OC)o1. The molecule has 118 heavy (non-hydrogen) atoms. The number of halogens is 2. The molecule has 16 nitrogen and oxygen atoms in total. The van der Waals surface area contributed by atoms with E-state index in [2.05, 4.69) is 161 Å². The van der Waals surface area contributed by atoms with Gasteiger partial charge in [-0.2, -0.15) is 0 Å². The maximum absolute atomic E-state index is 8.70. The number of nitriles is 4. The molecule has 0 atom stereocenters. The van der Waals surface area contributed by atoms with Crippen molar-refractivity contribution < 1.29 is 36.6 Å². The number of hydrogen-bond acceptors (Lipinski definition) is 16. The van der Waals surface area contributed by atoms with Gasteiger partial charge in [-0.05, 0) is 220 Å². The van der Waals surface area contributed by atoms with E-state index in [1.165, 1.54) is 65.4 Å². The van der Waals surface area contributed by atoms with Crippen molar-refractivity contribution in [1.29, 1.82) is 21.0 Å². The first-order valence-electron chi connectivity index (χ1n) is 32.9. The molecule has 0 bridgehead atoms. The number of rotatable bonds is 19. The molecule has 19 radical (unpaired) electrons. The van der Waals surface area contributed by atoms with Crippen LogP contribution in [0.4, 0.5) is 0 Å². The van der Waals surface area contributed by atoms with Crippen LogP contribution in [-0.4, -0.2) is 168 Å². The Hall–Kier alpha value is -11.1. The van der Waals surface area contributed by atoms with Crippen LogP contribution in [0.5, 0.6) is 23.0 Å². The van der Waals surface area contributed by atoms with Crippen molar-refractivity contribution in [3.63, 3.8) is 0 Å². The topological polar surface area (TPSA) is 202 Å². The molecule has 8 aromatic heterocycles. The summed E-state index contributed by atoms with van der Waals surface area (Å²) in [6.07, 6.45) is 10.6. The molecule has 8 aromatic rings. The van der Waals surface area contributed by atoms with E-state index < -0.39 is 63.1 Å². The Kier molecular flexibility index (Phi) is 59.1. The van der Waals surface area contributed by atoms with E-state index in [0.717, 1.165) is 43.2 Å². The summed E-state index contributed by atoms with van der Waals surface area (Å²) >= 11 is 10.7. The van der Waals surface area contributed by atoms with E-state index in [9.17, 15) is 0 Å². The monoisotopic (exact) mass is 1830 g/mol. The van der Waals surface area contributed by atoms with Gasteiger partial charge in [0.1, 0.15) is 76.0 Å². The first-order chi connectivity index (χ1) is 56.0. The zero-order chi connectivity index (χ0) is 88.3. The molecule has 8 heterocycles. The predicted octanol–water partition coefficient (Wildman–Crippen LogP) is 13.8. The Bertz CT molecular complexity index is 5360. The summed E-state index contributed by atoms with van der Waals surface area (Å²) in [7, 11) is 58.4. The number of thiophene rings is 4. The van der Waals surface area contributed by atoms with Crippen LogP contribution in [0.3, 0.4) is 0 Å². The van der Waals surface area contributed by atoms with Crippen LogP contribution >= 0.6 is 77.2 Å². The third kappa shape index (κ3) is 42.2. The molecule has 0 saturated carbocycles. The molecule has 0 aromatic carbocycles. The molecule has 0 unspecified atom stereocenters.